The Labute approximate surface area is 134 Å². The number of halogens is 4. The van der Waals surface area contributed by atoms with Crippen molar-refractivity contribution >= 4 is 47.4 Å². The molecule has 1 aliphatic heterocycles. The van der Waals surface area contributed by atoms with Crippen LogP contribution in [-0.2, 0) is 0 Å². The molecular weight excluding hydrogens is 389 g/mol. The van der Waals surface area contributed by atoms with Crippen LogP contribution in [0, 0.1) is 3.57 Å². The number of piperazine rings is 1. The van der Waals surface area contributed by atoms with Crippen LogP contribution >= 0.6 is 47.4 Å². The van der Waals surface area contributed by atoms with Gasteiger partial charge in [-0.05, 0) is 40.3 Å². The highest BCUT2D eigenvalue weighted by atomic mass is 127. The second-order valence-electron chi connectivity index (χ2n) is 4.01. The van der Waals surface area contributed by atoms with E-state index in [0.717, 1.165) is 31.7 Å². The summed E-state index contributed by atoms with van der Waals surface area (Å²) in [7, 11) is 0. The Bertz CT molecular complexity index is 331. The first-order valence-corrected chi connectivity index (χ1v) is 6.65. The lowest BCUT2D eigenvalue weighted by molar-refractivity contribution is 0.147. The largest absolute Gasteiger partial charge is 0.314 e. The van der Waals surface area contributed by atoms with Gasteiger partial charge in [-0.2, -0.15) is 0 Å². The van der Waals surface area contributed by atoms with Gasteiger partial charge in [-0.3, -0.25) is 4.90 Å². The zero-order valence-corrected chi connectivity index (χ0v) is 13.7. The van der Waals surface area contributed by atoms with E-state index in [1.54, 1.807) is 0 Å². The fraction of sp³-hybridized carbons (Fsp3) is 0.500. The molecule has 1 heterocycles. The van der Waals surface area contributed by atoms with Gasteiger partial charge in [-0.15, -0.1) is 24.8 Å². The van der Waals surface area contributed by atoms with E-state index in [4.69, 9.17) is 0 Å². The molecule has 0 bridgehead atoms. The van der Waals surface area contributed by atoms with Crippen LogP contribution in [0.25, 0.3) is 0 Å². The lowest BCUT2D eigenvalue weighted by Crippen LogP contribution is -2.45. The number of alkyl halides is 1. The van der Waals surface area contributed by atoms with E-state index in [2.05, 4.69) is 32.8 Å². The molecule has 1 aliphatic rings. The van der Waals surface area contributed by atoms with Gasteiger partial charge in [0.1, 0.15) is 6.67 Å². The van der Waals surface area contributed by atoms with Gasteiger partial charge >= 0.3 is 0 Å². The summed E-state index contributed by atoms with van der Waals surface area (Å²) in [6.07, 6.45) is 0. The molecule has 0 spiro atoms. The third kappa shape index (κ3) is 4.81. The molecule has 0 amide bonds. The second-order valence-corrected chi connectivity index (χ2v) is 5.25. The van der Waals surface area contributed by atoms with E-state index in [9.17, 15) is 4.39 Å². The summed E-state index contributed by atoms with van der Waals surface area (Å²) < 4.78 is 14.4. The van der Waals surface area contributed by atoms with Crippen molar-refractivity contribution < 1.29 is 4.39 Å². The molecule has 18 heavy (non-hydrogen) atoms. The van der Waals surface area contributed by atoms with Crippen LogP contribution in [0.4, 0.5) is 4.39 Å². The Hall–Kier alpha value is 0.380. The summed E-state index contributed by atoms with van der Waals surface area (Å²) in [5.41, 5.74) is 1.09. The first kappa shape index (κ1) is 18.4. The van der Waals surface area contributed by atoms with Crippen LogP contribution in [-0.4, -0.2) is 37.8 Å². The molecule has 1 aromatic rings. The normalized spacial score (nSPS) is 17.4. The van der Waals surface area contributed by atoms with E-state index in [0.29, 0.717) is 0 Å². The molecule has 0 radical (unpaired) electrons. The van der Waals surface area contributed by atoms with Gasteiger partial charge in [-0.25, -0.2) is 4.39 Å². The number of hydrogen-bond acceptors (Lipinski definition) is 2. The highest BCUT2D eigenvalue weighted by Gasteiger charge is 2.21. The predicted molar refractivity (Wildman–Crippen MR) is 86.8 cm³/mol. The Morgan fingerprint density at radius 1 is 1.17 bits per heavy atom. The quantitative estimate of drug-likeness (QED) is 0.776. The molecule has 1 fully saturated rings. The third-order valence-corrected chi connectivity index (χ3v) is 3.71. The average Bonchev–Trinajstić information content (AvgIpc) is 2.34. The summed E-state index contributed by atoms with van der Waals surface area (Å²) in [5, 5.41) is 3.29. The molecule has 6 heteroatoms. The molecule has 104 valence electrons. The molecule has 1 aromatic carbocycles. The molecule has 2 rings (SSSR count). The number of nitrogens with zero attached hydrogens (tertiary/aromatic N) is 1. The van der Waals surface area contributed by atoms with Crippen molar-refractivity contribution in [3.05, 3.63) is 33.4 Å². The molecule has 1 atom stereocenters. The van der Waals surface area contributed by atoms with Crippen LogP contribution < -0.4 is 5.32 Å². The maximum Gasteiger partial charge on any atom is 0.109 e. The predicted octanol–water partition coefficient (Wildman–Crippen LogP) is 3.05. The van der Waals surface area contributed by atoms with E-state index in [1.165, 1.54) is 3.57 Å². The minimum Gasteiger partial charge on any atom is -0.314 e. The van der Waals surface area contributed by atoms with Crippen molar-refractivity contribution in [1.82, 2.24) is 10.2 Å². The van der Waals surface area contributed by atoms with Crippen molar-refractivity contribution in [3.63, 3.8) is 0 Å². The fourth-order valence-electron chi connectivity index (χ4n) is 2.08. The van der Waals surface area contributed by atoms with E-state index >= 15 is 0 Å². The van der Waals surface area contributed by atoms with Crippen molar-refractivity contribution in [2.45, 2.75) is 6.04 Å². The topological polar surface area (TPSA) is 15.3 Å². The van der Waals surface area contributed by atoms with Crippen LogP contribution in [0.5, 0.6) is 0 Å². The van der Waals surface area contributed by atoms with Crippen LogP contribution in [0.15, 0.2) is 24.3 Å². The number of hydrogen-bond donors (Lipinski definition) is 1. The summed E-state index contributed by atoms with van der Waals surface area (Å²) in [4.78, 5) is 2.22. The maximum absolute atomic E-state index is 13.2. The summed E-state index contributed by atoms with van der Waals surface area (Å²) >= 11 is 2.27. The molecule has 0 aromatic heterocycles. The average molecular weight is 407 g/mol. The zero-order valence-electron chi connectivity index (χ0n) is 9.94. The van der Waals surface area contributed by atoms with Crippen LogP contribution in [0.2, 0.25) is 0 Å². The van der Waals surface area contributed by atoms with E-state index in [1.807, 2.05) is 24.3 Å². The van der Waals surface area contributed by atoms with Crippen molar-refractivity contribution in [3.8, 4) is 0 Å². The van der Waals surface area contributed by atoms with E-state index in [-0.39, 0.29) is 37.5 Å². The first-order chi connectivity index (χ1) is 7.81. The number of rotatable bonds is 3. The van der Waals surface area contributed by atoms with Crippen LogP contribution in [0.3, 0.4) is 0 Å². The Morgan fingerprint density at radius 2 is 1.72 bits per heavy atom. The Kier molecular flexibility index (Phi) is 9.51. The fourth-order valence-corrected chi connectivity index (χ4v) is 2.44. The third-order valence-electron chi connectivity index (χ3n) is 2.99. The van der Waals surface area contributed by atoms with Gasteiger partial charge in [0.05, 0.1) is 6.04 Å². The van der Waals surface area contributed by atoms with Gasteiger partial charge in [-0.1, -0.05) is 12.1 Å². The minimum atomic E-state index is -0.305. The summed E-state index contributed by atoms with van der Waals surface area (Å²) in [6, 6.07) is 8.09. The van der Waals surface area contributed by atoms with Gasteiger partial charge in [0.25, 0.3) is 0 Å². The number of nitrogens with one attached hydrogen (secondary N) is 1. The van der Waals surface area contributed by atoms with Gasteiger partial charge in [0, 0.05) is 29.7 Å². The summed E-state index contributed by atoms with van der Waals surface area (Å²) in [5.74, 6) is 0. The monoisotopic (exact) mass is 406 g/mol. The smallest absolute Gasteiger partial charge is 0.109 e. The second kappa shape index (κ2) is 9.31. The van der Waals surface area contributed by atoms with Crippen molar-refractivity contribution in [2.75, 3.05) is 32.9 Å². The lowest BCUT2D eigenvalue weighted by Gasteiger charge is -2.33. The molecule has 2 nitrogen and oxygen atoms in total. The van der Waals surface area contributed by atoms with Gasteiger partial charge in [0.15, 0.2) is 0 Å². The highest BCUT2D eigenvalue weighted by Crippen LogP contribution is 2.22. The minimum absolute atomic E-state index is 0. The Morgan fingerprint density at radius 3 is 2.22 bits per heavy atom. The molecule has 0 saturated carbocycles. The molecular formula is C12H18Cl2FIN2. The van der Waals surface area contributed by atoms with Crippen molar-refractivity contribution in [1.29, 1.82) is 0 Å². The molecule has 1 N–H and O–H groups in total. The number of benzene rings is 1. The van der Waals surface area contributed by atoms with E-state index < -0.39 is 0 Å². The Balaban J connectivity index is 0.00000144. The molecule has 0 unspecified atom stereocenters. The zero-order chi connectivity index (χ0) is 11.4. The maximum atomic E-state index is 13.2. The summed E-state index contributed by atoms with van der Waals surface area (Å²) in [6.45, 7) is 3.48. The van der Waals surface area contributed by atoms with Gasteiger partial charge in [0.2, 0.25) is 0 Å². The lowest BCUT2D eigenvalue weighted by atomic mass is 10.1. The van der Waals surface area contributed by atoms with Crippen LogP contribution in [0.1, 0.15) is 11.6 Å². The molecule has 0 aliphatic carbocycles. The standard InChI is InChI=1S/C12H16FIN2.2ClH/c13-9-12(16-7-5-15-6-8-16)10-1-3-11(14)4-2-10;;/h1-4,12,15H,5-9H2;2*1H/t12-;;/m1../s1. The highest BCUT2D eigenvalue weighted by molar-refractivity contribution is 14.1. The van der Waals surface area contributed by atoms with Gasteiger partial charge < -0.3 is 5.32 Å². The first-order valence-electron chi connectivity index (χ1n) is 5.57. The SMILES string of the molecule is Cl.Cl.FC[C@H](c1ccc(I)cc1)N1CCNCC1. The molecule has 1 saturated heterocycles. The van der Waals surface area contributed by atoms with Crippen molar-refractivity contribution in [2.24, 2.45) is 0 Å².